The van der Waals surface area contributed by atoms with Crippen molar-refractivity contribution in [2.24, 2.45) is 5.92 Å². The van der Waals surface area contributed by atoms with Crippen LogP contribution in [0, 0.1) is 12.8 Å². The summed E-state index contributed by atoms with van der Waals surface area (Å²) in [5.74, 6) is 1.81. The second-order valence-corrected chi connectivity index (χ2v) is 7.56. The van der Waals surface area contributed by atoms with E-state index in [0.717, 1.165) is 29.2 Å². The van der Waals surface area contributed by atoms with Gasteiger partial charge in [0.1, 0.15) is 16.4 Å². The third-order valence-corrected chi connectivity index (χ3v) is 5.74. The fraction of sp³-hybridized carbons (Fsp3) is 0.562. The molecule has 1 saturated heterocycles. The number of nitrogens with zero attached hydrogens (tertiary/aromatic N) is 4. The van der Waals surface area contributed by atoms with Gasteiger partial charge in [0, 0.05) is 11.8 Å². The molecule has 7 nitrogen and oxygen atoms in total. The first-order valence-electron chi connectivity index (χ1n) is 8.22. The van der Waals surface area contributed by atoms with Gasteiger partial charge >= 0.3 is 0 Å². The molecule has 1 aliphatic heterocycles. The highest BCUT2D eigenvalue weighted by Gasteiger charge is 2.49. The van der Waals surface area contributed by atoms with E-state index in [1.807, 2.05) is 6.92 Å². The Bertz CT molecular complexity index is 740. The topological polar surface area (TPSA) is 94.4 Å². The number of β-amino-alcohol motifs (C(OH)–C–C–N with tert-alkyl or cyclic N) is 1. The fourth-order valence-electron chi connectivity index (χ4n) is 3.34. The predicted molar refractivity (Wildman–Crippen MR) is 92.6 cm³/mol. The monoisotopic (exact) mass is 347 g/mol. The van der Waals surface area contributed by atoms with E-state index in [0.29, 0.717) is 30.6 Å². The van der Waals surface area contributed by atoms with Gasteiger partial charge in [-0.15, -0.1) is 0 Å². The molecule has 2 aromatic heterocycles. The second-order valence-electron chi connectivity index (χ2n) is 6.75. The van der Waals surface area contributed by atoms with Crippen molar-refractivity contribution in [2.75, 3.05) is 23.3 Å². The van der Waals surface area contributed by atoms with E-state index in [1.54, 1.807) is 12.3 Å². The number of aryl methyl sites for hydroxylation is 1. The molecule has 0 amide bonds. The van der Waals surface area contributed by atoms with Crippen molar-refractivity contribution in [3.63, 3.8) is 0 Å². The van der Waals surface area contributed by atoms with E-state index < -0.39 is 5.60 Å². The van der Waals surface area contributed by atoms with Crippen LogP contribution in [0.5, 0.6) is 0 Å². The van der Waals surface area contributed by atoms with Gasteiger partial charge in [-0.1, -0.05) is 6.42 Å². The maximum atomic E-state index is 10.7. The van der Waals surface area contributed by atoms with Crippen molar-refractivity contribution in [2.45, 2.75) is 38.4 Å². The largest absolute Gasteiger partial charge is 0.390 e. The summed E-state index contributed by atoms with van der Waals surface area (Å²) in [5, 5.41) is 23.7. The van der Waals surface area contributed by atoms with Crippen LogP contribution < -0.4 is 10.2 Å². The van der Waals surface area contributed by atoms with Crippen molar-refractivity contribution in [1.29, 1.82) is 0 Å². The first-order chi connectivity index (χ1) is 11.6. The molecule has 0 radical (unpaired) electrons. The number of hydrogen-bond donors (Lipinski definition) is 3. The van der Waals surface area contributed by atoms with Crippen LogP contribution >= 0.6 is 11.5 Å². The molecule has 3 N–H and O–H groups in total. The molecule has 0 bridgehead atoms. The van der Waals surface area contributed by atoms with Gasteiger partial charge in [-0.05, 0) is 43.3 Å². The zero-order valence-electron chi connectivity index (χ0n) is 13.6. The molecule has 0 spiro atoms. The summed E-state index contributed by atoms with van der Waals surface area (Å²) in [6.07, 6.45) is 5.30. The van der Waals surface area contributed by atoms with E-state index >= 15 is 0 Å². The van der Waals surface area contributed by atoms with Gasteiger partial charge in [0.15, 0.2) is 0 Å². The molecule has 8 heteroatoms. The molecule has 0 unspecified atom stereocenters. The number of aromatic nitrogens is 3. The third-order valence-electron chi connectivity index (χ3n) is 4.99. The van der Waals surface area contributed by atoms with Crippen LogP contribution in [-0.4, -0.2) is 43.2 Å². The van der Waals surface area contributed by atoms with Crippen molar-refractivity contribution in [3.8, 4) is 0 Å². The average molecular weight is 347 g/mol. The van der Waals surface area contributed by atoms with Gasteiger partial charge in [0.2, 0.25) is 5.95 Å². The number of hydrogen-bond acceptors (Lipinski definition) is 8. The quantitative estimate of drug-likeness (QED) is 0.759. The Kier molecular flexibility index (Phi) is 3.90. The SMILES string of the molecule is Cc1cnc(Nc2cc(CO)ns2)nc1N1CC(O)(C2CCC2)C1. The minimum absolute atomic E-state index is 0.0777. The number of rotatable bonds is 5. The predicted octanol–water partition coefficient (Wildman–Crippen LogP) is 1.83. The maximum Gasteiger partial charge on any atom is 0.229 e. The molecular weight excluding hydrogens is 326 g/mol. The van der Waals surface area contributed by atoms with Crippen molar-refractivity contribution in [3.05, 3.63) is 23.5 Å². The highest BCUT2D eigenvalue weighted by molar-refractivity contribution is 7.10. The van der Waals surface area contributed by atoms with Gasteiger partial charge in [-0.3, -0.25) is 0 Å². The average Bonchev–Trinajstić information content (AvgIpc) is 2.92. The number of aliphatic hydroxyl groups is 2. The lowest BCUT2D eigenvalue weighted by molar-refractivity contribution is -0.0713. The summed E-state index contributed by atoms with van der Waals surface area (Å²) >= 11 is 1.27. The van der Waals surface area contributed by atoms with Gasteiger partial charge in [0.05, 0.1) is 25.4 Å². The highest BCUT2D eigenvalue weighted by Crippen LogP contribution is 2.43. The molecule has 4 rings (SSSR count). The molecule has 1 aliphatic carbocycles. The molecule has 1 saturated carbocycles. The summed E-state index contributed by atoms with van der Waals surface area (Å²) in [4.78, 5) is 11.0. The summed E-state index contributed by atoms with van der Waals surface area (Å²) < 4.78 is 4.12. The maximum absolute atomic E-state index is 10.7. The second kappa shape index (κ2) is 5.94. The summed E-state index contributed by atoms with van der Waals surface area (Å²) in [5.41, 5.74) is 1.08. The molecule has 2 aliphatic rings. The minimum atomic E-state index is -0.545. The van der Waals surface area contributed by atoms with Gasteiger partial charge in [0.25, 0.3) is 0 Å². The van der Waals surface area contributed by atoms with Crippen LogP contribution in [0.1, 0.15) is 30.5 Å². The standard InChI is InChI=1S/C16H21N5O2S/c1-10-6-17-15(18-13-5-12(7-22)20-24-13)19-14(10)21-8-16(23,9-21)11-3-2-4-11/h5-6,11,22-23H,2-4,7-9H2,1H3,(H,17,18,19). The van der Waals surface area contributed by atoms with Crippen molar-refractivity contribution < 1.29 is 10.2 Å². The normalized spacial score (nSPS) is 19.7. The zero-order valence-corrected chi connectivity index (χ0v) is 14.4. The summed E-state index contributed by atoms with van der Waals surface area (Å²) in [7, 11) is 0. The van der Waals surface area contributed by atoms with Crippen molar-refractivity contribution in [1.82, 2.24) is 14.3 Å². The van der Waals surface area contributed by atoms with E-state index in [2.05, 4.69) is 24.6 Å². The lowest BCUT2D eigenvalue weighted by Crippen LogP contribution is -2.67. The van der Waals surface area contributed by atoms with Crippen LogP contribution in [0.2, 0.25) is 0 Å². The summed E-state index contributed by atoms with van der Waals surface area (Å²) in [6, 6.07) is 1.78. The minimum Gasteiger partial charge on any atom is -0.390 e. The van der Waals surface area contributed by atoms with E-state index in [-0.39, 0.29) is 6.61 Å². The Balaban J connectivity index is 1.48. The Hall–Kier alpha value is -1.77. The number of nitrogens with one attached hydrogen (secondary N) is 1. The highest BCUT2D eigenvalue weighted by atomic mass is 32.1. The van der Waals surface area contributed by atoms with Crippen molar-refractivity contribution >= 4 is 28.3 Å². The molecule has 0 aromatic carbocycles. The van der Waals surface area contributed by atoms with Gasteiger partial charge in [-0.2, -0.15) is 9.36 Å². The van der Waals surface area contributed by atoms with Crippen LogP contribution in [0.3, 0.4) is 0 Å². The number of anilines is 3. The molecule has 3 heterocycles. The van der Waals surface area contributed by atoms with E-state index in [9.17, 15) is 5.11 Å². The zero-order chi connectivity index (χ0) is 16.7. The van der Waals surface area contributed by atoms with Crippen LogP contribution in [0.15, 0.2) is 12.3 Å². The first-order valence-corrected chi connectivity index (χ1v) is 8.99. The Morgan fingerprint density at radius 3 is 2.83 bits per heavy atom. The van der Waals surface area contributed by atoms with Gasteiger partial charge in [-0.25, -0.2) is 4.98 Å². The number of aliphatic hydroxyl groups excluding tert-OH is 1. The van der Waals surface area contributed by atoms with E-state index in [4.69, 9.17) is 5.11 Å². The lowest BCUT2D eigenvalue weighted by Gasteiger charge is -2.54. The first kappa shape index (κ1) is 15.7. The Morgan fingerprint density at radius 2 is 2.21 bits per heavy atom. The Labute approximate surface area is 144 Å². The summed E-state index contributed by atoms with van der Waals surface area (Å²) in [6.45, 7) is 3.19. The molecule has 128 valence electrons. The third kappa shape index (κ3) is 2.74. The molecule has 2 aromatic rings. The molecule has 0 atom stereocenters. The van der Waals surface area contributed by atoms with Crippen LogP contribution in [0.4, 0.5) is 16.8 Å². The fourth-order valence-corrected chi connectivity index (χ4v) is 3.99. The lowest BCUT2D eigenvalue weighted by atomic mass is 9.69. The molecule has 2 fully saturated rings. The Morgan fingerprint density at radius 1 is 1.42 bits per heavy atom. The van der Waals surface area contributed by atoms with Crippen LogP contribution in [0.25, 0.3) is 0 Å². The van der Waals surface area contributed by atoms with Crippen LogP contribution in [-0.2, 0) is 6.61 Å². The molecule has 24 heavy (non-hydrogen) atoms. The smallest absolute Gasteiger partial charge is 0.229 e. The van der Waals surface area contributed by atoms with E-state index in [1.165, 1.54) is 18.0 Å². The molecular formula is C16H21N5O2S. The van der Waals surface area contributed by atoms with Gasteiger partial charge < -0.3 is 20.4 Å².